The number of nitrogens with zero attached hydrogens (tertiary/aromatic N) is 4. The maximum atomic E-state index is 11.0. The van der Waals surface area contributed by atoms with E-state index in [0.29, 0.717) is 31.0 Å². The van der Waals surface area contributed by atoms with E-state index in [-0.39, 0.29) is 12.6 Å². The summed E-state index contributed by atoms with van der Waals surface area (Å²) in [4.78, 5) is 2.15. The van der Waals surface area contributed by atoms with Gasteiger partial charge < -0.3 is 14.6 Å². The number of aliphatic hydroxyl groups excluding tert-OH is 1. The average molecular weight is 320 g/mol. The first-order valence-electron chi connectivity index (χ1n) is 8.06. The van der Waals surface area contributed by atoms with E-state index in [9.17, 15) is 5.11 Å². The van der Waals surface area contributed by atoms with Crippen LogP contribution in [0.2, 0.25) is 0 Å². The molecule has 23 heavy (non-hydrogen) atoms. The molecule has 1 saturated heterocycles. The number of piperidine rings is 1. The van der Waals surface area contributed by atoms with Crippen LogP contribution in [0.15, 0.2) is 22.7 Å². The molecule has 2 N–H and O–H groups in total. The van der Waals surface area contributed by atoms with Gasteiger partial charge >= 0.3 is 0 Å². The molecule has 126 valence electrons. The predicted molar refractivity (Wildman–Crippen MR) is 83.4 cm³/mol. The van der Waals surface area contributed by atoms with Crippen LogP contribution in [0.3, 0.4) is 0 Å². The van der Waals surface area contributed by atoms with Crippen LogP contribution < -0.4 is 0 Å². The van der Waals surface area contributed by atoms with Gasteiger partial charge in [0.15, 0.2) is 0 Å². The van der Waals surface area contributed by atoms with Crippen LogP contribution in [0.25, 0.3) is 0 Å². The van der Waals surface area contributed by atoms with Gasteiger partial charge in [0.2, 0.25) is 0 Å². The number of aromatic nitrogens is 3. The molecule has 1 atom stereocenters. The molecule has 3 heterocycles. The molecule has 2 aromatic rings. The Morgan fingerprint density at radius 1 is 1.35 bits per heavy atom. The first kappa shape index (κ1) is 16.2. The maximum absolute atomic E-state index is 11.0. The zero-order valence-corrected chi connectivity index (χ0v) is 13.6. The second-order valence-electron chi connectivity index (χ2n) is 6.55. The second kappa shape index (κ2) is 6.43. The summed E-state index contributed by atoms with van der Waals surface area (Å²) in [5, 5.41) is 28.4. The van der Waals surface area contributed by atoms with E-state index in [0.717, 1.165) is 18.7 Å². The number of likely N-dealkylation sites (tertiary alicyclic amines) is 1. The Balaban J connectivity index is 1.70. The van der Waals surface area contributed by atoms with Gasteiger partial charge in [0.25, 0.3) is 0 Å². The number of hydrogen-bond acceptors (Lipinski definition) is 6. The zero-order chi connectivity index (χ0) is 16.4. The highest BCUT2D eigenvalue weighted by Gasteiger charge is 2.37. The summed E-state index contributed by atoms with van der Waals surface area (Å²) in [5.74, 6) is 1.36. The lowest BCUT2D eigenvalue weighted by Gasteiger charge is -2.37. The molecule has 2 aromatic heterocycles. The molecule has 0 unspecified atom stereocenters. The fourth-order valence-electron chi connectivity index (χ4n) is 3.02. The molecular formula is C16H24N4O3. The second-order valence-corrected chi connectivity index (χ2v) is 6.55. The molecule has 7 heteroatoms. The third-order valence-corrected chi connectivity index (χ3v) is 4.32. The summed E-state index contributed by atoms with van der Waals surface area (Å²) in [7, 11) is 0. The molecule has 0 bridgehead atoms. The Bertz CT molecular complexity index is 651. The standard InChI is InChI=1S/C16H24N4O3/c1-12(2)20-9-15(17-18-20)16(22)6-3-7-19(11-16)8-13-4-5-14(10-21)23-13/h4-5,9,12,21-22H,3,6-8,10-11H2,1-2H3/t16-/m0/s1. The fraction of sp³-hybridized carbons (Fsp3) is 0.625. The number of furan rings is 1. The van der Waals surface area contributed by atoms with E-state index >= 15 is 0 Å². The van der Waals surface area contributed by atoms with E-state index in [1.54, 1.807) is 10.7 Å². The van der Waals surface area contributed by atoms with Gasteiger partial charge in [-0.25, -0.2) is 4.68 Å². The minimum absolute atomic E-state index is 0.0950. The molecule has 0 aromatic carbocycles. The lowest BCUT2D eigenvalue weighted by molar-refractivity contribution is -0.0430. The Morgan fingerprint density at radius 2 is 2.13 bits per heavy atom. The third-order valence-electron chi connectivity index (χ3n) is 4.32. The van der Waals surface area contributed by atoms with Gasteiger partial charge in [-0.15, -0.1) is 5.10 Å². The summed E-state index contributed by atoms with van der Waals surface area (Å²) in [6, 6.07) is 3.87. The molecule has 1 fully saturated rings. The van der Waals surface area contributed by atoms with Crippen LogP contribution in [0.1, 0.15) is 49.9 Å². The summed E-state index contributed by atoms with van der Waals surface area (Å²) in [5.41, 5.74) is -0.343. The van der Waals surface area contributed by atoms with E-state index < -0.39 is 5.60 Å². The molecule has 1 aliphatic rings. The van der Waals surface area contributed by atoms with Crippen molar-refractivity contribution in [1.82, 2.24) is 19.9 Å². The van der Waals surface area contributed by atoms with Gasteiger partial charge in [0.05, 0.1) is 12.7 Å². The first-order chi connectivity index (χ1) is 11.0. The molecule has 0 amide bonds. The summed E-state index contributed by atoms with van der Waals surface area (Å²) >= 11 is 0. The quantitative estimate of drug-likeness (QED) is 0.866. The molecular weight excluding hydrogens is 296 g/mol. The monoisotopic (exact) mass is 320 g/mol. The van der Waals surface area contributed by atoms with Crippen molar-refractivity contribution >= 4 is 0 Å². The molecule has 0 aliphatic carbocycles. The predicted octanol–water partition coefficient (Wildman–Crippen LogP) is 1.43. The van der Waals surface area contributed by atoms with E-state index in [1.165, 1.54) is 0 Å². The van der Waals surface area contributed by atoms with Crippen molar-refractivity contribution in [1.29, 1.82) is 0 Å². The number of rotatable bonds is 5. The van der Waals surface area contributed by atoms with Crippen LogP contribution >= 0.6 is 0 Å². The van der Waals surface area contributed by atoms with Crippen LogP contribution in [0.5, 0.6) is 0 Å². The number of aliphatic hydroxyl groups is 2. The Labute approximate surface area is 135 Å². The zero-order valence-electron chi connectivity index (χ0n) is 13.6. The van der Waals surface area contributed by atoms with E-state index in [2.05, 4.69) is 15.2 Å². The van der Waals surface area contributed by atoms with Crippen molar-refractivity contribution < 1.29 is 14.6 Å². The van der Waals surface area contributed by atoms with Crippen molar-refractivity contribution in [3.63, 3.8) is 0 Å². The highest BCUT2D eigenvalue weighted by atomic mass is 16.4. The lowest BCUT2D eigenvalue weighted by Crippen LogP contribution is -2.45. The van der Waals surface area contributed by atoms with E-state index in [4.69, 9.17) is 9.52 Å². The van der Waals surface area contributed by atoms with Crippen molar-refractivity contribution in [3.05, 3.63) is 35.5 Å². The molecule has 1 aliphatic heterocycles. The van der Waals surface area contributed by atoms with Crippen LogP contribution in [0, 0.1) is 0 Å². The Hall–Kier alpha value is -1.70. The molecule has 3 rings (SSSR count). The highest BCUT2D eigenvalue weighted by molar-refractivity contribution is 5.11. The smallest absolute Gasteiger partial charge is 0.129 e. The van der Waals surface area contributed by atoms with Gasteiger partial charge in [-0.05, 0) is 45.4 Å². The minimum atomic E-state index is -0.974. The van der Waals surface area contributed by atoms with Crippen molar-refractivity contribution in [3.8, 4) is 0 Å². The fourth-order valence-corrected chi connectivity index (χ4v) is 3.02. The largest absolute Gasteiger partial charge is 0.462 e. The van der Waals surface area contributed by atoms with Crippen molar-refractivity contribution in [2.24, 2.45) is 0 Å². The van der Waals surface area contributed by atoms with Gasteiger partial charge in [-0.2, -0.15) is 0 Å². The molecule has 0 spiro atoms. The van der Waals surface area contributed by atoms with E-state index in [1.807, 2.05) is 26.1 Å². The number of hydrogen-bond donors (Lipinski definition) is 2. The maximum Gasteiger partial charge on any atom is 0.129 e. The molecule has 0 saturated carbocycles. The third kappa shape index (κ3) is 3.46. The average Bonchev–Trinajstić information content (AvgIpc) is 3.16. The summed E-state index contributed by atoms with van der Waals surface area (Å²) < 4.78 is 7.31. The van der Waals surface area contributed by atoms with Gasteiger partial charge in [-0.3, -0.25) is 4.90 Å². The molecule has 7 nitrogen and oxygen atoms in total. The summed E-state index contributed by atoms with van der Waals surface area (Å²) in [6.07, 6.45) is 3.41. The Kier molecular flexibility index (Phi) is 4.52. The SMILES string of the molecule is CC(C)n1cc([C@]2(O)CCCN(Cc3ccc(CO)o3)C2)nn1. The van der Waals surface area contributed by atoms with Gasteiger partial charge in [0, 0.05) is 12.6 Å². The topological polar surface area (TPSA) is 87.5 Å². The van der Waals surface area contributed by atoms with Gasteiger partial charge in [-0.1, -0.05) is 5.21 Å². The van der Waals surface area contributed by atoms with Crippen molar-refractivity contribution in [2.45, 2.75) is 51.5 Å². The van der Waals surface area contributed by atoms with Gasteiger partial charge in [0.1, 0.15) is 29.4 Å². The lowest BCUT2D eigenvalue weighted by atomic mass is 9.90. The summed E-state index contributed by atoms with van der Waals surface area (Å²) in [6.45, 7) is 5.98. The Morgan fingerprint density at radius 3 is 2.78 bits per heavy atom. The van der Waals surface area contributed by atoms with Crippen molar-refractivity contribution in [2.75, 3.05) is 13.1 Å². The first-order valence-corrected chi connectivity index (χ1v) is 8.06. The number of β-amino-alcohol motifs (C(OH)–C–C–N with tert-alkyl or cyclic N) is 1. The van der Waals surface area contributed by atoms with Crippen LogP contribution in [0.4, 0.5) is 0 Å². The van der Waals surface area contributed by atoms with Crippen LogP contribution in [-0.2, 0) is 18.8 Å². The molecule has 0 radical (unpaired) electrons. The minimum Gasteiger partial charge on any atom is -0.462 e. The highest BCUT2D eigenvalue weighted by Crippen LogP contribution is 2.31. The normalized spacial score (nSPS) is 22.8. The van der Waals surface area contributed by atoms with Crippen LogP contribution in [-0.4, -0.2) is 43.2 Å².